The maximum atomic E-state index is 12.4. The van der Waals surface area contributed by atoms with Crippen LogP contribution in [0.25, 0.3) is 0 Å². The Hall–Kier alpha value is -0.900. The monoisotopic (exact) mass is 365 g/mol. The summed E-state index contributed by atoms with van der Waals surface area (Å²) in [7, 11) is -7.43. The van der Waals surface area contributed by atoms with Gasteiger partial charge in [0.05, 0.1) is 0 Å². The molecule has 0 saturated carbocycles. The highest BCUT2D eigenvalue weighted by molar-refractivity contribution is 7.86. The lowest BCUT2D eigenvalue weighted by molar-refractivity contribution is -0.488. The van der Waals surface area contributed by atoms with Crippen molar-refractivity contribution in [3.63, 3.8) is 0 Å². The van der Waals surface area contributed by atoms with Crippen molar-refractivity contribution < 1.29 is 66.0 Å². The Morgan fingerprint density at radius 3 is 1.29 bits per heavy atom. The van der Waals surface area contributed by atoms with Gasteiger partial charge in [-0.2, -0.15) is 48.3 Å². The summed E-state index contributed by atoms with van der Waals surface area (Å²) in [6, 6.07) is 0. The number of ether oxygens (including phenoxy) is 1. The molecule has 0 rings (SSSR count). The van der Waals surface area contributed by atoms with E-state index >= 15 is 0 Å². The first kappa shape index (κ1) is 20.1. The minimum atomic E-state index is -7.43. The number of rotatable bonds is 5. The quantitative estimate of drug-likeness (QED) is 0.555. The summed E-state index contributed by atoms with van der Waals surface area (Å²) >= 11 is 0. The van der Waals surface area contributed by atoms with Gasteiger partial charge in [-0.05, 0) is 0 Å². The van der Waals surface area contributed by atoms with E-state index in [1.165, 1.54) is 4.74 Å². The van der Waals surface area contributed by atoms with E-state index in [2.05, 4.69) is 0 Å². The molecule has 0 aliphatic heterocycles. The molecule has 0 unspecified atom stereocenters. The maximum Gasteiger partial charge on any atom is 0.462 e. The van der Waals surface area contributed by atoms with Crippen molar-refractivity contribution >= 4 is 10.1 Å². The van der Waals surface area contributed by atoms with Gasteiger partial charge in [0.15, 0.2) is 10.1 Å². The second-order valence-corrected chi connectivity index (χ2v) is 4.60. The molecule has 0 aliphatic rings. The molecule has 0 spiro atoms. The zero-order valence-electron chi connectivity index (χ0n) is 8.70. The van der Waals surface area contributed by atoms with Gasteiger partial charge < -0.3 is 4.55 Å². The Morgan fingerprint density at radius 1 is 0.714 bits per heavy atom. The van der Waals surface area contributed by atoms with Crippen LogP contribution in [0.3, 0.4) is 0 Å². The predicted molar refractivity (Wildman–Crippen MR) is 36.6 cm³/mol. The third-order valence-corrected chi connectivity index (χ3v) is 2.50. The average Bonchev–Trinajstić information content (AvgIpc) is 2.11. The van der Waals surface area contributed by atoms with Crippen LogP contribution in [-0.4, -0.2) is 42.5 Å². The molecule has 16 heteroatoms. The third-order valence-electron chi connectivity index (χ3n) is 1.63. The van der Waals surface area contributed by atoms with Gasteiger partial charge in [-0.1, -0.05) is 0 Å². The molecule has 0 aromatic rings. The largest absolute Gasteiger partial charge is 0.743 e. The van der Waals surface area contributed by atoms with Gasteiger partial charge in [0.2, 0.25) is 0 Å². The van der Waals surface area contributed by atoms with Crippen molar-refractivity contribution in [1.29, 1.82) is 0 Å². The van der Waals surface area contributed by atoms with E-state index in [1.807, 2.05) is 0 Å². The Bertz CT molecular complexity index is 491. The molecule has 0 aromatic heterocycles. The summed E-state index contributed by atoms with van der Waals surface area (Å²) in [6.45, 7) is 0. The average molecular weight is 365 g/mol. The summed E-state index contributed by atoms with van der Waals surface area (Å²) in [5.74, 6) is -7.38. The Kier molecular flexibility index (Phi) is 4.60. The van der Waals surface area contributed by atoms with Crippen LogP contribution >= 0.6 is 0 Å². The lowest BCUT2D eigenvalue weighted by Crippen LogP contribution is -2.59. The standard InChI is InChI=1S/C5HF11O4S/c6-1(7,2(8,9)10)3(11,12)20-4(13,14)5(15,16)21(17,18)19/h(H,17,18,19)/p-1. The predicted octanol–water partition coefficient (Wildman–Crippen LogP) is 2.52. The van der Waals surface area contributed by atoms with Crippen LogP contribution in [0.2, 0.25) is 0 Å². The molecule has 0 bridgehead atoms. The van der Waals surface area contributed by atoms with Crippen LogP contribution in [0.4, 0.5) is 48.3 Å². The smallest absolute Gasteiger partial charge is 0.462 e. The molecule has 0 fully saturated rings. The van der Waals surface area contributed by atoms with Crippen molar-refractivity contribution in [3.05, 3.63) is 0 Å². The first-order chi connectivity index (χ1) is 8.71. The molecule has 0 aliphatic carbocycles. The van der Waals surface area contributed by atoms with E-state index in [0.717, 1.165) is 0 Å². The summed E-state index contributed by atoms with van der Waals surface area (Å²) in [5.41, 5.74) is 0. The second-order valence-electron chi connectivity index (χ2n) is 3.18. The number of hydrogen-bond donors (Lipinski definition) is 0. The SMILES string of the molecule is O=S(=O)([O-])C(F)(F)C(F)(F)OC(F)(F)C(F)(F)C(F)(F)F. The highest BCUT2D eigenvalue weighted by Crippen LogP contribution is 2.51. The van der Waals surface area contributed by atoms with Crippen molar-refractivity contribution in [2.45, 2.75) is 29.6 Å². The van der Waals surface area contributed by atoms with E-state index < -0.39 is 39.7 Å². The minimum Gasteiger partial charge on any atom is -0.743 e. The minimum absolute atomic E-state index is 1.34. The lowest BCUT2D eigenvalue weighted by atomic mass is 10.3. The summed E-state index contributed by atoms with van der Waals surface area (Å²) in [5, 5.41) is -7.04. The molecular formula is C5F11O4S-. The number of hydrogen-bond acceptors (Lipinski definition) is 4. The van der Waals surface area contributed by atoms with Crippen molar-refractivity contribution in [3.8, 4) is 0 Å². The summed E-state index contributed by atoms with van der Waals surface area (Å²) in [4.78, 5) is 0. The third kappa shape index (κ3) is 3.31. The van der Waals surface area contributed by atoms with E-state index in [9.17, 15) is 61.3 Å². The van der Waals surface area contributed by atoms with Crippen LogP contribution in [0, 0.1) is 0 Å². The van der Waals surface area contributed by atoms with Gasteiger partial charge in [0, 0.05) is 0 Å². The molecule has 0 N–H and O–H groups in total. The molecule has 21 heavy (non-hydrogen) atoms. The Balaban J connectivity index is 5.76. The van der Waals surface area contributed by atoms with Crippen LogP contribution in [0.5, 0.6) is 0 Å². The highest BCUT2D eigenvalue weighted by atomic mass is 32.2. The van der Waals surface area contributed by atoms with Gasteiger partial charge in [0.25, 0.3) is 0 Å². The highest BCUT2D eigenvalue weighted by Gasteiger charge is 2.79. The van der Waals surface area contributed by atoms with Gasteiger partial charge in [0.1, 0.15) is 0 Å². The molecule has 4 nitrogen and oxygen atoms in total. The molecule has 0 aromatic carbocycles. The van der Waals surface area contributed by atoms with Gasteiger partial charge in [-0.25, -0.2) is 13.2 Å². The fourth-order valence-corrected chi connectivity index (χ4v) is 0.928. The number of halogens is 11. The lowest BCUT2D eigenvalue weighted by Gasteiger charge is -2.33. The van der Waals surface area contributed by atoms with Gasteiger partial charge in [-0.3, -0.25) is 0 Å². The van der Waals surface area contributed by atoms with Crippen molar-refractivity contribution in [1.82, 2.24) is 0 Å². The van der Waals surface area contributed by atoms with Crippen LogP contribution in [0.15, 0.2) is 0 Å². The first-order valence-corrected chi connectivity index (χ1v) is 5.35. The number of alkyl halides is 11. The van der Waals surface area contributed by atoms with Gasteiger partial charge >= 0.3 is 29.6 Å². The normalized spacial score (nSPS) is 16.2. The fraction of sp³-hybridized carbons (Fsp3) is 1.00. The topological polar surface area (TPSA) is 66.4 Å². The summed E-state index contributed by atoms with van der Waals surface area (Å²) < 4.78 is 163. The second kappa shape index (κ2) is 4.80. The molecule has 0 radical (unpaired) electrons. The molecule has 128 valence electrons. The first-order valence-electron chi connectivity index (χ1n) is 3.94. The van der Waals surface area contributed by atoms with E-state index in [0.29, 0.717) is 0 Å². The Morgan fingerprint density at radius 2 is 1.05 bits per heavy atom. The van der Waals surface area contributed by atoms with Crippen molar-refractivity contribution in [2.75, 3.05) is 0 Å². The van der Waals surface area contributed by atoms with Crippen LogP contribution in [-0.2, 0) is 14.9 Å². The molecule has 0 amide bonds. The van der Waals surface area contributed by atoms with E-state index in [1.54, 1.807) is 0 Å². The van der Waals surface area contributed by atoms with Crippen molar-refractivity contribution in [2.24, 2.45) is 0 Å². The molecular weight excluding hydrogens is 365 g/mol. The molecule has 0 atom stereocenters. The molecule has 0 heterocycles. The zero-order chi connectivity index (χ0) is 17.7. The van der Waals surface area contributed by atoms with Gasteiger partial charge in [-0.15, -0.1) is 0 Å². The maximum absolute atomic E-state index is 12.4. The molecule has 0 saturated heterocycles. The Labute approximate surface area is 107 Å². The van der Waals surface area contributed by atoms with E-state index in [4.69, 9.17) is 0 Å². The zero-order valence-corrected chi connectivity index (χ0v) is 9.52. The van der Waals surface area contributed by atoms with E-state index in [-0.39, 0.29) is 0 Å². The van der Waals surface area contributed by atoms with Crippen LogP contribution in [0.1, 0.15) is 0 Å². The fourth-order valence-electron chi connectivity index (χ4n) is 0.595. The summed E-state index contributed by atoms with van der Waals surface area (Å²) in [6.07, 6.45) is -21.7. The van der Waals surface area contributed by atoms with Crippen LogP contribution < -0.4 is 0 Å².